The summed E-state index contributed by atoms with van der Waals surface area (Å²) in [6, 6.07) is 3.91. The predicted octanol–water partition coefficient (Wildman–Crippen LogP) is 2.34. The molecule has 1 heterocycles. The predicted molar refractivity (Wildman–Crippen MR) is 79.2 cm³/mol. The molecule has 0 radical (unpaired) electrons. The summed E-state index contributed by atoms with van der Waals surface area (Å²) < 4.78 is 40.2. The molecule has 0 spiro atoms. The molecule has 7 heteroatoms. The van der Waals surface area contributed by atoms with Crippen LogP contribution in [0.15, 0.2) is 27.6 Å². The minimum Gasteiger partial charge on any atom is -0.327 e. The molecule has 4 nitrogen and oxygen atoms in total. The van der Waals surface area contributed by atoms with Crippen LogP contribution in [0.3, 0.4) is 0 Å². The van der Waals surface area contributed by atoms with Crippen LogP contribution in [0.25, 0.3) is 0 Å². The van der Waals surface area contributed by atoms with Gasteiger partial charge in [0.05, 0.1) is 9.37 Å². The molecule has 1 aromatic carbocycles. The first kappa shape index (κ1) is 15.9. The zero-order valence-electron chi connectivity index (χ0n) is 11.2. The van der Waals surface area contributed by atoms with Gasteiger partial charge in [0.2, 0.25) is 10.0 Å². The summed E-state index contributed by atoms with van der Waals surface area (Å²) in [5.41, 5.74) is 5.99. The average Bonchev–Trinajstić information content (AvgIpc) is 2.42. The summed E-state index contributed by atoms with van der Waals surface area (Å²) in [6.45, 7) is 2.79. The minimum absolute atomic E-state index is 0.0106. The van der Waals surface area contributed by atoms with E-state index in [-0.39, 0.29) is 21.3 Å². The van der Waals surface area contributed by atoms with E-state index in [1.54, 1.807) is 0 Å². The van der Waals surface area contributed by atoms with Gasteiger partial charge in [-0.05, 0) is 46.5 Å². The highest BCUT2D eigenvalue weighted by Crippen LogP contribution is 2.26. The van der Waals surface area contributed by atoms with Crippen molar-refractivity contribution in [2.75, 3.05) is 13.1 Å². The highest BCUT2D eigenvalue weighted by Gasteiger charge is 2.33. The van der Waals surface area contributed by atoms with Crippen molar-refractivity contribution in [3.05, 3.63) is 28.5 Å². The number of sulfonamides is 1. The molecule has 1 fully saturated rings. The molecule has 0 saturated carbocycles. The maximum atomic E-state index is 13.5. The average molecular weight is 365 g/mol. The zero-order valence-corrected chi connectivity index (χ0v) is 13.6. The molecule has 0 bridgehead atoms. The molecule has 20 heavy (non-hydrogen) atoms. The number of rotatable bonds is 3. The van der Waals surface area contributed by atoms with Crippen LogP contribution in [0.4, 0.5) is 4.39 Å². The maximum Gasteiger partial charge on any atom is 0.243 e. The number of hydrogen-bond donors (Lipinski definition) is 1. The lowest BCUT2D eigenvalue weighted by Crippen LogP contribution is -2.48. The van der Waals surface area contributed by atoms with Crippen LogP contribution in [0.2, 0.25) is 0 Å². The molecule has 112 valence electrons. The summed E-state index contributed by atoms with van der Waals surface area (Å²) in [7, 11) is -3.65. The number of halogens is 2. The third kappa shape index (κ3) is 3.05. The van der Waals surface area contributed by atoms with Crippen molar-refractivity contribution < 1.29 is 12.8 Å². The summed E-state index contributed by atoms with van der Waals surface area (Å²) in [6.07, 6.45) is 1.47. The van der Waals surface area contributed by atoms with Gasteiger partial charge in [-0.15, -0.1) is 0 Å². The number of piperidine rings is 1. The van der Waals surface area contributed by atoms with Gasteiger partial charge in [0.25, 0.3) is 0 Å². The van der Waals surface area contributed by atoms with Gasteiger partial charge >= 0.3 is 0 Å². The number of nitrogens with two attached hydrogens (primary N) is 1. The van der Waals surface area contributed by atoms with Gasteiger partial charge in [-0.2, -0.15) is 4.31 Å². The smallest absolute Gasteiger partial charge is 0.243 e. The first-order chi connectivity index (χ1) is 9.36. The monoisotopic (exact) mass is 364 g/mol. The van der Waals surface area contributed by atoms with Crippen LogP contribution >= 0.6 is 15.9 Å². The van der Waals surface area contributed by atoms with Crippen LogP contribution in [-0.2, 0) is 10.0 Å². The van der Waals surface area contributed by atoms with Gasteiger partial charge in [0, 0.05) is 19.1 Å². The van der Waals surface area contributed by atoms with Gasteiger partial charge in [-0.3, -0.25) is 0 Å². The van der Waals surface area contributed by atoms with Crippen molar-refractivity contribution in [1.29, 1.82) is 0 Å². The maximum absolute atomic E-state index is 13.5. The van der Waals surface area contributed by atoms with Crippen molar-refractivity contribution in [3.8, 4) is 0 Å². The lowest BCUT2D eigenvalue weighted by Gasteiger charge is -2.35. The van der Waals surface area contributed by atoms with Crippen LogP contribution in [0, 0.1) is 11.7 Å². The van der Waals surface area contributed by atoms with E-state index in [4.69, 9.17) is 5.73 Å². The Morgan fingerprint density at radius 3 is 2.80 bits per heavy atom. The van der Waals surface area contributed by atoms with Crippen molar-refractivity contribution in [2.24, 2.45) is 11.7 Å². The molecule has 2 unspecified atom stereocenters. The Morgan fingerprint density at radius 2 is 2.20 bits per heavy atom. The molecule has 2 rings (SSSR count). The van der Waals surface area contributed by atoms with Gasteiger partial charge in [0.1, 0.15) is 5.82 Å². The summed E-state index contributed by atoms with van der Waals surface area (Å²) in [4.78, 5) is -0.0106. The van der Waals surface area contributed by atoms with Gasteiger partial charge in [-0.1, -0.05) is 13.3 Å². The summed E-state index contributed by atoms with van der Waals surface area (Å²) >= 11 is 3.02. The molecular weight excluding hydrogens is 347 g/mol. The van der Waals surface area contributed by atoms with Crippen LogP contribution in [0.5, 0.6) is 0 Å². The molecule has 0 aromatic heterocycles. The van der Waals surface area contributed by atoms with Gasteiger partial charge < -0.3 is 5.73 Å². The number of benzene rings is 1. The first-order valence-corrected chi connectivity index (χ1v) is 8.80. The van der Waals surface area contributed by atoms with Crippen molar-refractivity contribution in [1.82, 2.24) is 4.31 Å². The highest BCUT2D eigenvalue weighted by molar-refractivity contribution is 9.10. The summed E-state index contributed by atoms with van der Waals surface area (Å²) in [5, 5.41) is 0. The largest absolute Gasteiger partial charge is 0.327 e. The Morgan fingerprint density at radius 1 is 1.50 bits per heavy atom. The topological polar surface area (TPSA) is 63.4 Å². The SMILES string of the molecule is CCC1CN(S(=O)(=O)c2ccc(Br)c(F)c2)CCC1N. The Labute approximate surface area is 127 Å². The molecule has 0 amide bonds. The fourth-order valence-corrected chi connectivity index (χ4v) is 4.22. The van der Waals surface area contributed by atoms with E-state index >= 15 is 0 Å². The normalized spacial score (nSPS) is 24.8. The molecule has 1 aromatic rings. The van der Waals surface area contributed by atoms with Crippen molar-refractivity contribution in [2.45, 2.75) is 30.7 Å². The fraction of sp³-hybridized carbons (Fsp3) is 0.538. The second kappa shape index (κ2) is 6.09. The Kier molecular flexibility index (Phi) is 4.84. The third-order valence-electron chi connectivity index (χ3n) is 3.81. The van der Waals surface area contributed by atoms with E-state index in [1.165, 1.54) is 16.4 Å². The number of hydrogen-bond acceptors (Lipinski definition) is 3. The lowest BCUT2D eigenvalue weighted by molar-refractivity contribution is 0.230. The molecule has 1 aliphatic rings. The van der Waals surface area contributed by atoms with Crippen LogP contribution in [-0.4, -0.2) is 31.9 Å². The Hall–Kier alpha value is -0.500. The zero-order chi connectivity index (χ0) is 14.9. The van der Waals surface area contributed by atoms with Gasteiger partial charge in [0.15, 0.2) is 0 Å². The third-order valence-corrected chi connectivity index (χ3v) is 6.31. The lowest BCUT2D eigenvalue weighted by atomic mass is 9.92. The van der Waals surface area contributed by atoms with Crippen LogP contribution in [0.1, 0.15) is 19.8 Å². The van der Waals surface area contributed by atoms with E-state index in [9.17, 15) is 12.8 Å². The van der Waals surface area contributed by atoms with Crippen molar-refractivity contribution >= 4 is 26.0 Å². The molecular formula is C13H18BrFN2O2S. The molecule has 0 aliphatic carbocycles. The van der Waals surface area contributed by atoms with E-state index in [2.05, 4.69) is 15.9 Å². The minimum atomic E-state index is -3.65. The second-order valence-corrected chi connectivity index (χ2v) is 7.85. The van der Waals surface area contributed by atoms with E-state index in [1.807, 2.05) is 6.92 Å². The van der Waals surface area contributed by atoms with Crippen LogP contribution < -0.4 is 5.73 Å². The van der Waals surface area contributed by atoms with E-state index in [0.29, 0.717) is 19.5 Å². The first-order valence-electron chi connectivity index (χ1n) is 6.57. The Balaban J connectivity index is 2.28. The second-order valence-electron chi connectivity index (χ2n) is 5.06. The molecule has 1 saturated heterocycles. The van der Waals surface area contributed by atoms with Gasteiger partial charge in [-0.25, -0.2) is 12.8 Å². The Bertz CT molecular complexity index is 594. The summed E-state index contributed by atoms with van der Waals surface area (Å²) in [5.74, 6) is -0.425. The quantitative estimate of drug-likeness (QED) is 0.894. The standard InChI is InChI=1S/C13H18BrFN2O2S/c1-2-9-8-17(6-5-13(9)16)20(18,19)10-3-4-11(14)12(15)7-10/h3-4,7,9,13H,2,5-6,8,16H2,1H3. The molecule has 2 N–H and O–H groups in total. The van der Waals surface area contributed by atoms with E-state index < -0.39 is 15.8 Å². The number of nitrogens with zero attached hydrogens (tertiary/aromatic N) is 1. The van der Waals surface area contributed by atoms with Crippen molar-refractivity contribution in [3.63, 3.8) is 0 Å². The molecule has 2 atom stereocenters. The van der Waals surface area contributed by atoms with E-state index in [0.717, 1.165) is 12.5 Å². The molecule has 1 aliphatic heterocycles. The fourth-order valence-electron chi connectivity index (χ4n) is 2.45. The highest BCUT2D eigenvalue weighted by atomic mass is 79.9.